The molecule has 0 unspecified atom stereocenters. The van der Waals surface area contributed by atoms with E-state index in [4.69, 9.17) is 16.6 Å². The number of rotatable bonds is 1. The van der Waals surface area contributed by atoms with E-state index >= 15 is 0 Å². The molecule has 92 valence electrons. The van der Waals surface area contributed by atoms with Crippen molar-refractivity contribution >= 4 is 11.6 Å². The lowest BCUT2D eigenvalue weighted by molar-refractivity contribution is 0.848. The van der Waals surface area contributed by atoms with Crippen LogP contribution in [-0.4, -0.2) is 9.55 Å². The lowest BCUT2D eigenvalue weighted by Crippen LogP contribution is -1.89. The summed E-state index contributed by atoms with van der Waals surface area (Å²) in [5.41, 5.74) is 4.68. The highest BCUT2D eigenvalue weighted by atomic mass is 35.5. The number of fused-ring (bicyclic) bond motifs is 3. The highest BCUT2D eigenvalue weighted by Gasteiger charge is 2.20. The fourth-order valence-corrected chi connectivity index (χ4v) is 2.70. The maximum absolute atomic E-state index is 5.92. The van der Waals surface area contributed by atoms with Crippen molar-refractivity contribution in [2.45, 2.75) is 6.54 Å². The van der Waals surface area contributed by atoms with Gasteiger partial charge in [0.2, 0.25) is 0 Å². The summed E-state index contributed by atoms with van der Waals surface area (Å²) in [5, 5.41) is 0.751. The summed E-state index contributed by atoms with van der Waals surface area (Å²) in [6.07, 6.45) is 2.11. The molecule has 4 rings (SSSR count). The van der Waals surface area contributed by atoms with Crippen LogP contribution in [0.3, 0.4) is 0 Å². The van der Waals surface area contributed by atoms with E-state index in [1.807, 2.05) is 24.3 Å². The van der Waals surface area contributed by atoms with Gasteiger partial charge < -0.3 is 4.57 Å². The van der Waals surface area contributed by atoms with Gasteiger partial charge in [-0.25, -0.2) is 4.98 Å². The average Bonchev–Trinajstić information content (AvgIpc) is 2.97. The van der Waals surface area contributed by atoms with Gasteiger partial charge >= 0.3 is 0 Å². The van der Waals surface area contributed by atoms with Gasteiger partial charge in [-0.05, 0) is 17.7 Å². The van der Waals surface area contributed by atoms with Crippen LogP contribution in [0.4, 0.5) is 0 Å². The predicted octanol–water partition coefficient (Wildman–Crippen LogP) is 4.23. The molecule has 19 heavy (non-hydrogen) atoms. The number of aromatic nitrogens is 2. The van der Waals surface area contributed by atoms with Gasteiger partial charge in [-0.1, -0.05) is 48.0 Å². The molecule has 2 nitrogen and oxygen atoms in total. The van der Waals surface area contributed by atoms with Gasteiger partial charge in [0.05, 0.1) is 5.69 Å². The monoisotopic (exact) mass is 266 g/mol. The second-order valence-corrected chi connectivity index (χ2v) is 5.18. The quantitative estimate of drug-likeness (QED) is 0.504. The fourth-order valence-electron chi connectivity index (χ4n) is 2.57. The summed E-state index contributed by atoms with van der Waals surface area (Å²) in [5.74, 6) is 1.06. The van der Waals surface area contributed by atoms with Crippen molar-refractivity contribution in [1.29, 1.82) is 0 Å². The molecule has 0 radical (unpaired) electrons. The van der Waals surface area contributed by atoms with Crippen LogP contribution in [0.5, 0.6) is 0 Å². The lowest BCUT2D eigenvalue weighted by Gasteiger charge is -1.98. The fraction of sp³-hybridized carbons (Fsp3) is 0.0625. The number of nitrogens with zero attached hydrogens (tertiary/aromatic N) is 2. The summed E-state index contributed by atoms with van der Waals surface area (Å²) in [6.45, 7) is 0.909. The third-order valence-corrected chi connectivity index (χ3v) is 3.77. The average molecular weight is 267 g/mol. The number of hydrogen-bond donors (Lipinski definition) is 0. The van der Waals surface area contributed by atoms with Crippen LogP contribution >= 0.6 is 11.6 Å². The minimum Gasteiger partial charge on any atom is -0.326 e. The Labute approximate surface area is 116 Å². The van der Waals surface area contributed by atoms with E-state index in [9.17, 15) is 0 Å². The van der Waals surface area contributed by atoms with Crippen molar-refractivity contribution in [2.75, 3.05) is 0 Å². The summed E-state index contributed by atoms with van der Waals surface area (Å²) in [6, 6.07) is 16.2. The Morgan fingerprint density at radius 3 is 2.63 bits per heavy atom. The molecule has 0 saturated heterocycles. The number of imidazole rings is 1. The molecule has 0 bridgehead atoms. The van der Waals surface area contributed by atoms with Crippen LogP contribution in [0.1, 0.15) is 5.56 Å². The van der Waals surface area contributed by atoms with Gasteiger partial charge in [-0.2, -0.15) is 0 Å². The Bertz CT molecular complexity index is 757. The first kappa shape index (κ1) is 10.8. The minimum atomic E-state index is 0.751. The maximum Gasteiger partial charge on any atom is 0.141 e. The Balaban J connectivity index is 1.82. The van der Waals surface area contributed by atoms with Crippen LogP contribution in [0, 0.1) is 0 Å². The normalized spacial score (nSPS) is 12.3. The predicted molar refractivity (Wildman–Crippen MR) is 77.2 cm³/mol. The second kappa shape index (κ2) is 3.97. The van der Waals surface area contributed by atoms with Gasteiger partial charge in [0, 0.05) is 28.9 Å². The standard InChI is InChI=1S/C16H11ClN2/c17-13-7-5-11(6-8-13)15-10-19-9-12-3-1-2-4-14(12)16(19)18-15/h1-8,10H,9H2. The highest BCUT2D eigenvalue weighted by molar-refractivity contribution is 6.30. The van der Waals surface area contributed by atoms with Crippen LogP contribution in [0.2, 0.25) is 5.02 Å². The smallest absolute Gasteiger partial charge is 0.141 e. The Kier molecular flexibility index (Phi) is 2.26. The van der Waals surface area contributed by atoms with E-state index in [1.54, 1.807) is 0 Å². The summed E-state index contributed by atoms with van der Waals surface area (Å²) >= 11 is 5.92. The minimum absolute atomic E-state index is 0.751. The molecule has 0 atom stereocenters. The molecule has 0 fully saturated rings. The second-order valence-electron chi connectivity index (χ2n) is 4.74. The van der Waals surface area contributed by atoms with Crippen LogP contribution in [0.25, 0.3) is 22.6 Å². The van der Waals surface area contributed by atoms with Gasteiger partial charge in [0.15, 0.2) is 0 Å². The molecular weight excluding hydrogens is 256 g/mol. The summed E-state index contributed by atoms with van der Waals surface area (Å²) in [4.78, 5) is 4.75. The van der Waals surface area contributed by atoms with Gasteiger partial charge in [-0.3, -0.25) is 0 Å². The van der Waals surface area contributed by atoms with E-state index in [-0.39, 0.29) is 0 Å². The molecule has 1 aliphatic heterocycles. The van der Waals surface area contributed by atoms with Crippen molar-refractivity contribution < 1.29 is 0 Å². The summed E-state index contributed by atoms with van der Waals surface area (Å²) < 4.78 is 2.20. The molecule has 0 spiro atoms. The van der Waals surface area contributed by atoms with Crippen molar-refractivity contribution in [1.82, 2.24) is 9.55 Å². The van der Waals surface area contributed by atoms with Crippen LogP contribution < -0.4 is 0 Å². The molecule has 0 N–H and O–H groups in total. The first-order valence-corrected chi connectivity index (χ1v) is 6.60. The van der Waals surface area contributed by atoms with Crippen molar-refractivity contribution in [3.05, 3.63) is 65.3 Å². The topological polar surface area (TPSA) is 17.8 Å². The van der Waals surface area contributed by atoms with E-state index in [2.05, 4.69) is 35.0 Å². The van der Waals surface area contributed by atoms with E-state index in [1.165, 1.54) is 11.1 Å². The van der Waals surface area contributed by atoms with Crippen LogP contribution in [-0.2, 0) is 6.54 Å². The molecule has 3 aromatic rings. The third kappa shape index (κ3) is 1.68. The van der Waals surface area contributed by atoms with Crippen molar-refractivity contribution in [3.8, 4) is 22.6 Å². The molecule has 2 aromatic carbocycles. The van der Waals surface area contributed by atoms with Gasteiger partial charge in [0.1, 0.15) is 5.82 Å². The largest absolute Gasteiger partial charge is 0.326 e. The van der Waals surface area contributed by atoms with E-state index in [0.29, 0.717) is 0 Å². The Morgan fingerprint density at radius 1 is 1.00 bits per heavy atom. The zero-order valence-corrected chi connectivity index (χ0v) is 10.9. The SMILES string of the molecule is Clc1ccc(-c2cn3c(n2)-c2ccccc2C3)cc1. The Hall–Kier alpha value is -2.06. The highest BCUT2D eigenvalue weighted by Crippen LogP contribution is 2.33. The lowest BCUT2D eigenvalue weighted by atomic mass is 10.1. The van der Waals surface area contributed by atoms with Gasteiger partial charge in [0.25, 0.3) is 0 Å². The van der Waals surface area contributed by atoms with Crippen molar-refractivity contribution in [2.24, 2.45) is 0 Å². The molecule has 1 aromatic heterocycles. The number of hydrogen-bond acceptors (Lipinski definition) is 1. The molecule has 0 amide bonds. The summed E-state index contributed by atoms with van der Waals surface area (Å²) in [7, 11) is 0. The van der Waals surface area contributed by atoms with E-state index in [0.717, 1.165) is 28.6 Å². The van der Waals surface area contributed by atoms with Crippen molar-refractivity contribution in [3.63, 3.8) is 0 Å². The molecule has 3 heteroatoms. The molecule has 1 aliphatic rings. The number of benzene rings is 2. The van der Waals surface area contributed by atoms with Gasteiger partial charge in [-0.15, -0.1) is 0 Å². The molecular formula is C16H11ClN2. The zero-order chi connectivity index (χ0) is 12.8. The van der Waals surface area contributed by atoms with Crippen LogP contribution in [0.15, 0.2) is 54.7 Å². The first-order valence-electron chi connectivity index (χ1n) is 6.23. The third-order valence-electron chi connectivity index (χ3n) is 3.52. The molecule has 0 saturated carbocycles. The van der Waals surface area contributed by atoms with E-state index < -0.39 is 0 Å². The zero-order valence-electron chi connectivity index (χ0n) is 10.2. The Morgan fingerprint density at radius 2 is 1.79 bits per heavy atom. The molecule has 2 heterocycles. The molecule has 0 aliphatic carbocycles. The maximum atomic E-state index is 5.92. The first-order chi connectivity index (χ1) is 9.31. The number of halogens is 1.